The van der Waals surface area contributed by atoms with Gasteiger partial charge in [0.25, 0.3) is 0 Å². The summed E-state index contributed by atoms with van der Waals surface area (Å²) in [6.45, 7) is 4.92. The Bertz CT molecular complexity index is 2100. The second kappa shape index (κ2) is 9.08. The van der Waals surface area contributed by atoms with Crippen molar-refractivity contribution in [2.45, 2.75) is 13.1 Å². The van der Waals surface area contributed by atoms with Gasteiger partial charge in [0.15, 0.2) is 5.82 Å². The number of hydrogen-bond acceptors (Lipinski definition) is 2. The minimum Gasteiger partial charge on any atom is -0.237 e. The zero-order chi connectivity index (χ0) is 27.6. The van der Waals surface area contributed by atoms with Crippen molar-refractivity contribution < 1.29 is 0 Å². The van der Waals surface area contributed by atoms with Crippen LogP contribution in [0, 0.1) is 0 Å². The summed E-state index contributed by atoms with van der Waals surface area (Å²) in [6, 6.07) is 47.6. The van der Waals surface area contributed by atoms with Crippen molar-refractivity contribution in [2.24, 2.45) is 0 Å². The third-order valence-electron chi connectivity index (χ3n) is 8.61. The molecule has 0 atom stereocenters. The highest BCUT2D eigenvalue weighted by atomic mass is 28.3. The molecule has 0 saturated heterocycles. The fraction of sp³-hybridized carbons (Fsp3) is 0.0526. The Morgan fingerprint density at radius 2 is 0.902 bits per heavy atom. The van der Waals surface area contributed by atoms with Gasteiger partial charge in [-0.1, -0.05) is 147 Å². The van der Waals surface area contributed by atoms with E-state index in [0.29, 0.717) is 0 Å². The Morgan fingerprint density at radius 3 is 1.56 bits per heavy atom. The number of benzene rings is 6. The van der Waals surface area contributed by atoms with Crippen LogP contribution in [0.25, 0.3) is 66.4 Å². The molecule has 2 nitrogen and oxygen atoms in total. The fourth-order valence-electron chi connectivity index (χ4n) is 6.69. The molecule has 41 heavy (non-hydrogen) atoms. The summed E-state index contributed by atoms with van der Waals surface area (Å²) in [7, 11) is -2.21. The molecular weight excluding hydrogens is 513 g/mol. The summed E-state index contributed by atoms with van der Waals surface area (Å²) >= 11 is 0. The molecule has 0 radical (unpaired) electrons. The van der Waals surface area contributed by atoms with Gasteiger partial charge in [-0.05, 0) is 43.4 Å². The van der Waals surface area contributed by atoms with Crippen LogP contribution in [-0.2, 0) is 0 Å². The van der Waals surface area contributed by atoms with Gasteiger partial charge in [0.1, 0.15) is 8.07 Å². The minimum atomic E-state index is -2.21. The van der Waals surface area contributed by atoms with E-state index in [4.69, 9.17) is 9.97 Å². The summed E-state index contributed by atoms with van der Waals surface area (Å²) in [5, 5.41) is 7.96. The quantitative estimate of drug-likeness (QED) is 0.166. The van der Waals surface area contributed by atoms with Crippen molar-refractivity contribution in [3.8, 4) is 44.9 Å². The van der Waals surface area contributed by atoms with Crippen LogP contribution in [-0.4, -0.2) is 18.0 Å². The second-order valence-corrected chi connectivity index (χ2v) is 15.6. The zero-order valence-corrected chi connectivity index (χ0v) is 24.1. The number of rotatable bonds is 3. The average Bonchev–Trinajstić information content (AvgIpc) is 3.28. The van der Waals surface area contributed by atoms with Crippen LogP contribution in [0.2, 0.25) is 13.1 Å². The summed E-state index contributed by atoms with van der Waals surface area (Å²) < 4.78 is 0. The van der Waals surface area contributed by atoms with Gasteiger partial charge in [-0.2, -0.15) is 0 Å². The highest BCUT2D eigenvalue weighted by Crippen LogP contribution is 2.43. The van der Waals surface area contributed by atoms with Crippen molar-refractivity contribution >= 4 is 40.1 Å². The van der Waals surface area contributed by atoms with Crippen LogP contribution in [0.3, 0.4) is 0 Å². The van der Waals surface area contributed by atoms with Crippen LogP contribution in [0.15, 0.2) is 133 Å². The first-order valence-electron chi connectivity index (χ1n) is 14.2. The smallest absolute Gasteiger partial charge is 0.159 e. The van der Waals surface area contributed by atoms with Gasteiger partial charge < -0.3 is 0 Å². The van der Waals surface area contributed by atoms with Gasteiger partial charge in [-0.3, -0.25) is 0 Å². The molecule has 0 saturated carbocycles. The van der Waals surface area contributed by atoms with Gasteiger partial charge in [-0.25, -0.2) is 9.97 Å². The minimum absolute atomic E-state index is 0.796. The predicted octanol–water partition coefficient (Wildman–Crippen LogP) is 8.59. The van der Waals surface area contributed by atoms with Gasteiger partial charge in [0, 0.05) is 22.0 Å². The molecule has 0 aliphatic carbocycles. The molecule has 0 bridgehead atoms. The Labute approximate surface area is 241 Å². The summed E-state index contributed by atoms with van der Waals surface area (Å²) in [6.07, 6.45) is 0. The van der Waals surface area contributed by atoms with Crippen LogP contribution >= 0.6 is 0 Å². The molecular formula is C38H28N2Si. The first kappa shape index (κ1) is 24.0. The highest BCUT2D eigenvalue weighted by molar-refractivity contribution is 7.05. The molecule has 1 aromatic heterocycles. The van der Waals surface area contributed by atoms with E-state index in [-0.39, 0.29) is 0 Å². The zero-order valence-electron chi connectivity index (χ0n) is 23.1. The van der Waals surface area contributed by atoms with E-state index in [1.165, 1.54) is 54.3 Å². The first-order chi connectivity index (χ1) is 20.1. The van der Waals surface area contributed by atoms with Crippen molar-refractivity contribution in [3.63, 3.8) is 0 Å². The molecule has 1 aliphatic heterocycles. The third kappa shape index (κ3) is 3.63. The Hall–Kier alpha value is -4.86. The van der Waals surface area contributed by atoms with E-state index in [1.54, 1.807) is 0 Å². The molecule has 0 spiro atoms. The number of hydrogen-bond donors (Lipinski definition) is 0. The molecule has 194 valence electrons. The van der Waals surface area contributed by atoms with Gasteiger partial charge in [-0.15, -0.1) is 0 Å². The van der Waals surface area contributed by atoms with Crippen molar-refractivity contribution in [2.75, 3.05) is 0 Å². The van der Waals surface area contributed by atoms with Gasteiger partial charge in [0.05, 0.1) is 5.69 Å². The van der Waals surface area contributed by atoms with E-state index in [0.717, 1.165) is 22.6 Å². The molecule has 0 amide bonds. The van der Waals surface area contributed by atoms with E-state index in [2.05, 4.69) is 147 Å². The molecule has 8 rings (SSSR count). The summed E-state index contributed by atoms with van der Waals surface area (Å²) in [5.74, 6) is 0.796. The maximum atomic E-state index is 5.44. The molecule has 0 unspecified atom stereocenters. The van der Waals surface area contributed by atoms with E-state index < -0.39 is 8.07 Å². The largest absolute Gasteiger partial charge is 0.237 e. The molecule has 6 aromatic carbocycles. The van der Waals surface area contributed by atoms with Gasteiger partial charge >= 0.3 is 0 Å². The highest BCUT2D eigenvalue weighted by Gasteiger charge is 2.44. The van der Waals surface area contributed by atoms with Crippen molar-refractivity contribution in [3.05, 3.63) is 133 Å². The second-order valence-electron chi connectivity index (χ2n) is 11.4. The fourth-order valence-corrected chi connectivity index (χ4v) is 9.96. The lowest BCUT2D eigenvalue weighted by atomic mass is 9.92. The standard InChI is InChI=1S/C38H28N2Si/c1-41(2)36-32-20-12-10-18-30(32)29-17-9-11-19-31(29)33(36)34-35(27-15-7-4-8-16-27)39-37(40-38(34)41)28-23-21-26(22-24-28)25-13-5-3-6-14-25/h3-24H,1-2H3. The topological polar surface area (TPSA) is 25.8 Å². The number of fused-ring (bicyclic) bond motifs is 8. The Morgan fingerprint density at radius 1 is 0.415 bits per heavy atom. The average molecular weight is 541 g/mol. The normalized spacial score (nSPS) is 13.3. The maximum Gasteiger partial charge on any atom is 0.159 e. The summed E-state index contributed by atoms with van der Waals surface area (Å²) in [5.41, 5.74) is 8.14. The molecule has 0 fully saturated rings. The van der Waals surface area contributed by atoms with E-state index in [9.17, 15) is 0 Å². The van der Waals surface area contributed by atoms with E-state index in [1.807, 2.05) is 0 Å². The van der Waals surface area contributed by atoms with Gasteiger partial charge in [0.2, 0.25) is 0 Å². The lowest BCUT2D eigenvalue weighted by Gasteiger charge is -2.21. The van der Waals surface area contributed by atoms with Crippen LogP contribution in [0.5, 0.6) is 0 Å². The molecule has 2 heterocycles. The van der Waals surface area contributed by atoms with Crippen molar-refractivity contribution in [1.29, 1.82) is 0 Å². The first-order valence-corrected chi connectivity index (χ1v) is 17.2. The van der Waals surface area contributed by atoms with Crippen molar-refractivity contribution in [1.82, 2.24) is 9.97 Å². The maximum absolute atomic E-state index is 5.44. The lowest BCUT2D eigenvalue weighted by Crippen LogP contribution is -2.51. The number of aromatic nitrogens is 2. The number of nitrogens with zero attached hydrogens (tertiary/aromatic N) is 2. The van der Waals surface area contributed by atoms with Crippen LogP contribution in [0.4, 0.5) is 0 Å². The predicted molar refractivity (Wildman–Crippen MR) is 176 cm³/mol. The summed E-state index contributed by atoms with van der Waals surface area (Å²) in [4.78, 5) is 10.8. The Kier molecular flexibility index (Phi) is 5.31. The molecule has 7 aromatic rings. The molecule has 0 N–H and O–H groups in total. The van der Waals surface area contributed by atoms with Crippen LogP contribution < -0.4 is 10.5 Å². The molecule has 1 aliphatic rings. The van der Waals surface area contributed by atoms with Crippen LogP contribution in [0.1, 0.15) is 0 Å². The lowest BCUT2D eigenvalue weighted by molar-refractivity contribution is 1.21. The third-order valence-corrected chi connectivity index (χ3v) is 11.9. The SMILES string of the molecule is C[Si]1(C)c2nc(-c3ccc(-c4ccccc4)cc3)nc(-c3ccccc3)c2-c2c1c1ccccc1c1ccccc21. The van der Waals surface area contributed by atoms with E-state index >= 15 is 0 Å². The Balaban J connectivity index is 1.43. The molecule has 3 heteroatoms. The monoisotopic (exact) mass is 540 g/mol.